The predicted molar refractivity (Wildman–Crippen MR) is 81.4 cm³/mol. The summed E-state index contributed by atoms with van der Waals surface area (Å²) in [6.45, 7) is 3.19. The highest BCUT2D eigenvalue weighted by Gasteiger charge is 2.25. The van der Waals surface area contributed by atoms with Crippen molar-refractivity contribution in [3.8, 4) is 0 Å². The van der Waals surface area contributed by atoms with E-state index in [1.54, 1.807) is 13.0 Å². The van der Waals surface area contributed by atoms with E-state index in [1.807, 2.05) is 7.05 Å². The van der Waals surface area contributed by atoms with E-state index >= 15 is 0 Å². The molecule has 1 aromatic rings. The van der Waals surface area contributed by atoms with Crippen molar-refractivity contribution >= 4 is 27.3 Å². The SMILES string of the molecule is Cc1cc(Cl)c(S(=O)(=O)NCC2CCCN2C)cc1N. The van der Waals surface area contributed by atoms with Crippen LogP contribution in [0.3, 0.4) is 0 Å². The standard InChI is InChI=1S/C13H20ClN3O2S/c1-9-6-11(14)13(7-12(9)15)20(18,19)16-8-10-4-3-5-17(10)2/h6-7,10,16H,3-5,8,15H2,1-2H3. The van der Waals surface area contributed by atoms with Crippen molar-refractivity contribution in [1.29, 1.82) is 0 Å². The van der Waals surface area contributed by atoms with Crippen LogP contribution in [0.1, 0.15) is 18.4 Å². The van der Waals surface area contributed by atoms with Gasteiger partial charge in [-0.05, 0) is 51.1 Å². The molecule has 0 aliphatic carbocycles. The average Bonchev–Trinajstić information content (AvgIpc) is 2.77. The molecule has 0 aromatic heterocycles. The fraction of sp³-hybridized carbons (Fsp3) is 0.538. The van der Waals surface area contributed by atoms with Crippen molar-refractivity contribution in [3.63, 3.8) is 0 Å². The van der Waals surface area contributed by atoms with E-state index in [4.69, 9.17) is 17.3 Å². The first-order valence-electron chi connectivity index (χ1n) is 6.57. The molecule has 5 nitrogen and oxygen atoms in total. The highest BCUT2D eigenvalue weighted by atomic mass is 35.5. The van der Waals surface area contributed by atoms with Gasteiger partial charge in [-0.1, -0.05) is 11.6 Å². The van der Waals surface area contributed by atoms with Crippen molar-refractivity contribution < 1.29 is 8.42 Å². The summed E-state index contributed by atoms with van der Waals surface area (Å²) in [5.74, 6) is 0. The summed E-state index contributed by atoms with van der Waals surface area (Å²) in [7, 11) is -1.63. The van der Waals surface area contributed by atoms with Crippen LogP contribution in [-0.4, -0.2) is 39.5 Å². The van der Waals surface area contributed by atoms with Gasteiger partial charge in [-0.3, -0.25) is 0 Å². The summed E-state index contributed by atoms with van der Waals surface area (Å²) in [5.41, 5.74) is 6.96. The minimum absolute atomic E-state index is 0.0444. The van der Waals surface area contributed by atoms with E-state index in [1.165, 1.54) is 6.07 Å². The van der Waals surface area contributed by atoms with Gasteiger partial charge in [-0.25, -0.2) is 13.1 Å². The summed E-state index contributed by atoms with van der Waals surface area (Å²) in [6.07, 6.45) is 2.10. The molecule has 1 saturated heterocycles. The number of nitrogens with zero attached hydrogens (tertiary/aromatic N) is 1. The zero-order chi connectivity index (χ0) is 14.9. The number of benzene rings is 1. The van der Waals surface area contributed by atoms with Gasteiger partial charge in [0.25, 0.3) is 0 Å². The number of likely N-dealkylation sites (N-methyl/N-ethyl adjacent to an activating group) is 1. The van der Waals surface area contributed by atoms with Gasteiger partial charge in [-0.15, -0.1) is 0 Å². The predicted octanol–water partition coefficient (Wildman–Crippen LogP) is 1.60. The number of hydrogen-bond acceptors (Lipinski definition) is 4. The maximum absolute atomic E-state index is 12.3. The van der Waals surface area contributed by atoms with Gasteiger partial charge in [0.05, 0.1) is 5.02 Å². The first-order chi connectivity index (χ1) is 9.31. The van der Waals surface area contributed by atoms with Gasteiger partial charge in [0.2, 0.25) is 10.0 Å². The number of aryl methyl sites for hydroxylation is 1. The molecule has 3 N–H and O–H groups in total. The Morgan fingerprint density at radius 1 is 1.50 bits per heavy atom. The summed E-state index contributed by atoms with van der Waals surface area (Å²) in [6, 6.07) is 3.23. The third kappa shape index (κ3) is 3.25. The second-order valence-electron chi connectivity index (χ2n) is 5.27. The Morgan fingerprint density at radius 3 is 2.80 bits per heavy atom. The van der Waals surface area contributed by atoms with Crippen molar-refractivity contribution in [1.82, 2.24) is 9.62 Å². The molecule has 1 heterocycles. The summed E-state index contributed by atoms with van der Waals surface area (Å²) in [5, 5.41) is 0.198. The zero-order valence-electron chi connectivity index (χ0n) is 11.7. The van der Waals surface area contributed by atoms with Crippen LogP contribution >= 0.6 is 11.6 Å². The lowest BCUT2D eigenvalue weighted by atomic mass is 10.2. The van der Waals surface area contributed by atoms with Crippen LogP contribution in [0.15, 0.2) is 17.0 Å². The quantitative estimate of drug-likeness (QED) is 0.827. The molecule has 1 fully saturated rings. The third-order valence-corrected chi connectivity index (χ3v) is 5.68. The molecule has 112 valence electrons. The number of rotatable bonds is 4. The minimum atomic E-state index is -3.63. The van der Waals surface area contributed by atoms with Gasteiger partial charge in [-0.2, -0.15) is 0 Å². The molecule has 1 aromatic carbocycles. The fourth-order valence-corrected chi connectivity index (χ4v) is 4.08. The first-order valence-corrected chi connectivity index (χ1v) is 8.43. The van der Waals surface area contributed by atoms with Crippen LogP contribution in [-0.2, 0) is 10.0 Å². The fourth-order valence-electron chi connectivity index (χ4n) is 2.40. The monoisotopic (exact) mass is 317 g/mol. The molecule has 1 aliphatic heterocycles. The molecule has 0 bridgehead atoms. The lowest BCUT2D eigenvalue weighted by molar-refractivity contribution is 0.311. The molecule has 0 saturated carbocycles. The molecule has 1 aliphatic rings. The third-order valence-electron chi connectivity index (χ3n) is 3.79. The lowest BCUT2D eigenvalue weighted by Gasteiger charge is -2.20. The van der Waals surface area contributed by atoms with Gasteiger partial charge >= 0.3 is 0 Å². The second-order valence-corrected chi connectivity index (χ2v) is 7.41. The Morgan fingerprint density at radius 2 is 2.20 bits per heavy atom. The van der Waals surface area contributed by atoms with E-state index in [2.05, 4.69) is 9.62 Å². The van der Waals surface area contributed by atoms with Crippen molar-refractivity contribution in [2.24, 2.45) is 0 Å². The minimum Gasteiger partial charge on any atom is -0.398 e. The molecule has 20 heavy (non-hydrogen) atoms. The van der Waals surface area contributed by atoms with E-state index in [-0.39, 0.29) is 16.0 Å². The Labute approximate surface area is 125 Å². The van der Waals surface area contributed by atoms with Crippen LogP contribution in [0.4, 0.5) is 5.69 Å². The number of nitrogen functional groups attached to an aromatic ring is 1. The van der Waals surface area contributed by atoms with Crippen LogP contribution in [0, 0.1) is 6.92 Å². The molecule has 1 unspecified atom stereocenters. The highest BCUT2D eigenvalue weighted by Crippen LogP contribution is 2.26. The normalized spacial score (nSPS) is 20.4. The lowest BCUT2D eigenvalue weighted by Crippen LogP contribution is -2.38. The van der Waals surface area contributed by atoms with Gasteiger partial charge < -0.3 is 10.6 Å². The molecule has 0 spiro atoms. The summed E-state index contributed by atoms with van der Waals surface area (Å²) in [4.78, 5) is 2.20. The molecule has 0 radical (unpaired) electrons. The number of halogens is 1. The van der Waals surface area contributed by atoms with Crippen molar-refractivity contribution in [2.45, 2.75) is 30.7 Å². The highest BCUT2D eigenvalue weighted by molar-refractivity contribution is 7.89. The Hall–Kier alpha value is -0.820. The van der Waals surface area contributed by atoms with Gasteiger partial charge in [0.1, 0.15) is 4.90 Å². The summed E-state index contributed by atoms with van der Waals surface area (Å²) < 4.78 is 27.2. The molecule has 2 rings (SSSR count). The van der Waals surface area contributed by atoms with Crippen LogP contribution in [0.25, 0.3) is 0 Å². The maximum Gasteiger partial charge on any atom is 0.242 e. The average molecular weight is 318 g/mol. The number of anilines is 1. The maximum atomic E-state index is 12.3. The van der Waals surface area contributed by atoms with E-state index in [0.29, 0.717) is 12.2 Å². The molecule has 7 heteroatoms. The van der Waals surface area contributed by atoms with Crippen LogP contribution in [0.5, 0.6) is 0 Å². The number of nitrogens with one attached hydrogen (secondary N) is 1. The van der Waals surface area contributed by atoms with Crippen molar-refractivity contribution in [2.75, 3.05) is 25.9 Å². The Balaban J connectivity index is 2.16. The molecule has 1 atom stereocenters. The molecule has 0 amide bonds. The van der Waals surface area contributed by atoms with Gasteiger partial charge in [0.15, 0.2) is 0 Å². The first kappa shape index (κ1) is 15.6. The topological polar surface area (TPSA) is 75.4 Å². The van der Waals surface area contributed by atoms with E-state index in [9.17, 15) is 8.42 Å². The zero-order valence-corrected chi connectivity index (χ0v) is 13.3. The number of likely N-dealkylation sites (tertiary alicyclic amines) is 1. The van der Waals surface area contributed by atoms with E-state index < -0.39 is 10.0 Å². The molecular formula is C13H20ClN3O2S. The Kier molecular flexibility index (Phi) is 4.59. The van der Waals surface area contributed by atoms with Crippen LogP contribution < -0.4 is 10.5 Å². The molecular weight excluding hydrogens is 298 g/mol. The van der Waals surface area contributed by atoms with E-state index in [0.717, 1.165) is 24.9 Å². The number of nitrogens with two attached hydrogens (primary N) is 1. The number of sulfonamides is 1. The Bertz CT molecular complexity index is 604. The number of hydrogen-bond donors (Lipinski definition) is 2. The van der Waals surface area contributed by atoms with Gasteiger partial charge in [0, 0.05) is 18.3 Å². The largest absolute Gasteiger partial charge is 0.398 e. The van der Waals surface area contributed by atoms with Crippen LogP contribution in [0.2, 0.25) is 5.02 Å². The summed E-state index contributed by atoms with van der Waals surface area (Å²) >= 11 is 6.02. The second kappa shape index (κ2) is 5.89. The van der Waals surface area contributed by atoms with Crippen molar-refractivity contribution in [3.05, 3.63) is 22.7 Å². The smallest absolute Gasteiger partial charge is 0.242 e.